The molecule has 1 aromatic carbocycles. The second kappa shape index (κ2) is 15.7. The van der Waals surface area contributed by atoms with Gasteiger partial charge in [-0.05, 0) is 68.3 Å². The Bertz CT molecular complexity index is 969. The van der Waals surface area contributed by atoms with Crippen LogP contribution in [-0.2, 0) is 13.0 Å². The Morgan fingerprint density at radius 1 is 0.943 bits per heavy atom. The van der Waals surface area contributed by atoms with Crippen LogP contribution >= 0.6 is 0 Å². The third kappa shape index (κ3) is 7.90. The molecule has 0 spiro atoms. The Kier molecular flexibility index (Phi) is 13.0. The molecule has 2 unspecified atom stereocenters. The van der Waals surface area contributed by atoms with Crippen LogP contribution in [0.15, 0.2) is 36.5 Å². The number of piperidine rings is 1. The number of pyridine rings is 1. The molecule has 3 heterocycles. The average molecular weight is 479 g/mol. The van der Waals surface area contributed by atoms with E-state index in [2.05, 4.69) is 74.8 Å². The number of aryl methyl sites for hydroxylation is 2. The molecule has 3 aromatic rings. The van der Waals surface area contributed by atoms with E-state index in [-0.39, 0.29) is 0 Å². The zero-order valence-electron chi connectivity index (χ0n) is 23.5. The van der Waals surface area contributed by atoms with Gasteiger partial charge in [-0.1, -0.05) is 85.4 Å². The molecule has 2 aliphatic rings. The molecule has 0 bridgehead atoms. The van der Waals surface area contributed by atoms with E-state index in [1.165, 1.54) is 68.2 Å². The predicted molar refractivity (Wildman–Crippen MR) is 152 cm³/mol. The predicted octanol–water partition coefficient (Wildman–Crippen LogP) is 8.80. The molecule has 0 amide bonds. The number of rotatable bonds is 4. The first-order valence-corrected chi connectivity index (χ1v) is 14.2. The van der Waals surface area contributed by atoms with Crippen molar-refractivity contribution in [3.63, 3.8) is 0 Å². The molecule has 4 nitrogen and oxygen atoms in total. The van der Waals surface area contributed by atoms with E-state index in [4.69, 9.17) is 9.97 Å². The number of H-pyrrole nitrogens is 1. The Hall–Kier alpha value is -2.20. The molecule has 1 saturated heterocycles. The number of likely N-dealkylation sites (tertiary alicyclic amines) is 1. The first kappa shape index (κ1) is 29.0. The van der Waals surface area contributed by atoms with Crippen molar-refractivity contribution in [3.05, 3.63) is 59.2 Å². The van der Waals surface area contributed by atoms with E-state index in [1.807, 2.05) is 20.0 Å². The second-order valence-electron chi connectivity index (χ2n) is 9.56. The maximum absolute atomic E-state index is 4.88. The fourth-order valence-electron chi connectivity index (χ4n) is 4.79. The van der Waals surface area contributed by atoms with Crippen LogP contribution in [0.3, 0.4) is 0 Å². The number of nitrogens with zero attached hydrogens (tertiary/aromatic N) is 3. The summed E-state index contributed by atoms with van der Waals surface area (Å²) >= 11 is 0. The summed E-state index contributed by atoms with van der Waals surface area (Å²) in [7, 11) is 0. The lowest BCUT2D eigenvalue weighted by Crippen LogP contribution is -2.41. The van der Waals surface area contributed by atoms with Gasteiger partial charge < -0.3 is 4.98 Å². The van der Waals surface area contributed by atoms with Gasteiger partial charge in [-0.25, -0.2) is 4.98 Å². The van der Waals surface area contributed by atoms with Crippen molar-refractivity contribution in [3.8, 4) is 0 Å². The summed E-state index contributed by atoms with van der Waals surface area (Å²) in [4.78, 5) is 15.8. The Balaban J connectivity index is 0.000000375. The van der Waals surface area contributed by atoms with Crippen molar-refractivity contribution in [1.82, 2.24) is 19.9 Å². The summed E-state index contributed by atoms with van der Waals surface area (Å²) in [6, 6.07) is 11.1. The second-order valence-corrected chi connectivity index (χ2v) is 9.56. The number of aromatic nitrogens is 3. The Morgan fingerprint density at radius 2 is 1.66 bits per heavy atom. The van der Waals surface area contributed by atoms with Crippen molar-refractivity contribution < 1.29 is 0 Å². The van der Waals surface area contributed by atoms with E-state index in [0.29, 0.717) is 6.04 Å². The molecule has 2 atom stereocenters. The van der Waals surface area contributed by atoms with E-state index in [1.54, 1.807) is 0 Å². The Labute approximate surface area is 215 Å². The van der Waals surface area contributed by atoms with Gasteiger partial charge in [-0.15, -0.1) is 0 Å². The third-order valence-electron chi connectivity index (χ3n) is 6.97. The summed E-state index contributed by atoms with van der Waals surface area (Å²) in [5, 5.41) is 0. The topological polar surface area (TPSA) is 44.8 Å². The normalized spacial score (nSPS) is 18.6. The van der Waals surface area contributed by atoms with E-state index in [9.17, 15) is 0 Å². The van der Waals surface area contributed by atoms with E-state index < -0.39 is 0 Å². The van der Waals surface area contributed by atoms with Gasteiger partial charge in [0, 0.05) is 6.20 Å². The van der Waals surface area contributed by atoms with Crippen LogP contribution in [0, 0.1) is 12.8 Å². The highest BCUT2D eigenvalue weighted by Crippen LogP contribution is 2.43. The SMILES string of the molecule is CC.CCCC.CCCC.Cc1cccc2[nH]c(CN3CCCC4CCc5cccnc5C43)nc12. The van der Waals surface area contributed by atoms with Gasteiger partial charge >= 0.3 is 0 Å². The van der Waals surface area contributed by atoms with E-state index >= 15 is 0 Å². The fraction of sp³-hybridized carbons (Fsp3) is 0.613. The number of fused-ring (bicyclic) bond motifs is 4. The number of para-hydroxylation sites is 1. The van der Waals surface area contributed by atoms with Crippen LogP contribution in [0.2, 0.25) is 0 Å². The molecule has 0 saturated carbocycles. The first-order valence-electron chi connectivity index (χ1n) is 14.2. The molecule has 0 radical (unpaired) electrons. The zero-order chi connectivity index (χ0) is 25.6. The van der Waals surface area contributed by atoms with Crippen molar-refractivity contribution >= 4 is 11.0 Å². The van der Waals surface area contributed by atoms with Gasteiger partial charge in [0.2, 0.25) is 0 Å². The standard InChI is InChI=1S/C21H24N4.2C4H10.C2H6/c1-14-5-2-8-17-19(14)24-18(23-17)13-25-12-4-7-16-10-9-15-6-3-11-22-20(15)21(16)25;2*1-3-4-2;1-2/h2-3,5-6,8,11,16,21H,4,7,9-10,12-13H2,1H3,(H,23,24);2*3-4H2,1-2H3;1-2H3. The highest BCUT2D eigenvalue weighted by atomic mass is 15.2. The number of unbranched alkanes of at least 4 members (excludes halogenated alkanes) is 2. The summed E-state index contributed by atoms with van der Waals surface area (Å²) in [6.07, 6.45) is 12.3. The monoisotopic (exact) mass is 478 g/mol. The van der Waals surface area contributed by atoms with Gasteiger partial charge in [0.1, 0.15) is 5.82 Å². The van der Waals surface area contributed by atoms with E-state index in [0.717, 1.165) is 35.9 Å². The largest absolute Gasteiger partial charge is 0.341 e. The number of aromatic amines is 1. The molecule has 1 fully saturated rings. The molecular weight excluding hydrogens is 428 g/mol. The molecule has 1 N–H and O–H groups in total. The molecule has 194 valence electrons. The van der Waals surface area contributed by atoms with Crippen LogP contribution in [0.5, 0.6) is 0 Å². The van der Waals surface area contributed by atoms with Crippen molar-refractivity contribution in [2.24, 2.45) is 5.92 Å². The summed E-state index contributed by atoms with van der Waals surface area (Å²) < 4.78 is 0. The number of hydrogen-bond acceptors (Lipinski definition) is 3. The molecular formula is C31H50N4. The number of benzene rings is 1. The lowest BCUT2D eigenvalue weighted by atomic mass is 9.77. The van der Waals surface area contributed by atoms with Crippen LogP contribution < -0.4 is 0 Å². The molecule has 1 aliphatic heterocycles. The zero-order valence-corrected chi connectivity index (χ0v) is 23.5. The molecule has 4 heteroatoms. The number of hydrogen-bond donors (Lipinski definition) is 1. The van der Waals surface area contributed by atoms with Crippen molar-refractivity contribution in [2.45, 2.75) is 112 Å². The maximum Gasteiger partial charge on any atom is 0.121 e. The highest BCUT2D eigenvalue weighted by Gasteiger charge is 2.37. The minimum Gasteiger partial charge on any atom is -0.341 e. The van der Waals surface area contributed by atoms with Crippen molar-refractivity contribution in [2.75, 3.05) is 6.54 Å². The van der Waals surface area contributed by atoms with Crippen LogP contribution in [0.25, 0.3) is 11.0 Å². The summed E-state index contributed by atoms with van der Waals surface area (Å²) in [5.74, 6) is 1.82. The van der Waals surface area contributed by atoms with Crippen LogP contribution in [-0.4, -0.2) is 26.4 Å². The van der Waals surface area contributed by atoms with Gasteiger partial charge in [-0.3, -0.25) is 9.88 Å². The van der Waals surface area contributed by atoms with Gasteiger partial charge in [0.15, 0.2) is 0 Å². The minimum atomic E-state index is 0.452. The lowest BCUT2D eigenvalue weighted by molar-refractivity contribution is 0.0676. The summed E-state index contributed by atoms with van der Waals surface area (Å²) in [5.41, 5.74) is 6.24. The third-order valence-corrected chi connectivity index (χ3v) is 6.97. The highest BCUT2D eigenvalue weighted by molar-refractivity contribution is 5.78. The van der Waals surface area contributed by atoms with Crippen LogP contribution in [0.4, 0.5) is 0 Å². The fourth-order valence-corrected chi connectivity index (χ4v) is 4.79. The quantitative estimate of drug-likeness (QED) is 0.407. The minimum absolute atomic E-state index is 0.452. The van der Waals surface area contributed by atoms with Crippen LogP contribution in [0.1, 0.15) is 115 Å². The van der Waals surface area contributed by atoms with Gasteiger partial charge in [0.05, 0.1) is 29.3 Å². The van der Waals surface area contributed by atoms with Crippen molar-refractivity contribution in [1.29, 1.82) is 0 Å². The summed E-state index contributed by atoms with van der Waals surface area (Å²) in [6.45, 7) is 16.9. The molecule has 35 heavy (non-hydrogen) atoms. The first-order chi connectivity index (χ1) is 17.1. The Morgan fingerprint density at radius 3 is 2.31 bits per heavy atom. The number of nitrogens with one attached hydrogen (secondary N) is 1. The smallest absolute Gasteiger partial charge is 0.121 e. The lowest BCUT2D eigenvalue weighted by Gasteiger charge is -2.44. The maximum atomic E-state index is 4.88. The molecule has 1 aliphatic carbocycles. The number of imidazole rings is 1. The molecule has 5 rings (SSSR count). The average Bonchev–Trinajstić information content (AvgIpc) is 3.34. The van der Waals surface area contributed by atoms with Gasteiger partial charge in [0.25, 0.3) is 0 Å². The molecule has 2 aromatic heterocycles. The van der Waals surface area contributed by atoms with Gasteiger partial charge in [-0.2, -0.15) is 0 Å².